The minimum Gasteiger partial charge on any atom is -0.383 e. The van der Waals surface area contributed by atoms with Crippen molar-refractivity contribution in [2.24, 2.45) is 5.92 Å². The molecule has 0 aromatic heterocycles. The lowest BCUT2D eigenvalue weighted by molar-refractivity contribution is -0.125. The standard InChI is InChI=1S/C12H22N2O3/c1-16-9-12(4-2-5-14-12)8-13-11(15)10-3-6-17-7-10/h10,14H,2-9H2,1H3,(H,13,15). The molecule has 1 amide bonds. The number of carbonyl (C=O) groups excluding carboxylic acids is 1. The molecule has 2 rings (SSSR count). The summed E-state index contributed by atoms with van der Waals surface area (Å²) in [6.07, 6.45) is 3.05. The number of methoxy groups -OCH3 is 1. The summed E-state index contributed by atoms with van der Waals surface area (Å²) < 4.78 is 10.5. The minimum absolute atomic E-state index is 0.0380. The molecule has 2 atom stereocenters. The zero-order valence-electron chi connectivity index (χ0n) is 10.5. The van der Waals surface area contributed by atoms with Crippen molar-refractivity contribution >= 4 is 5.91 Å². The van der Waals surface area contributed by atoms with Gasteiger partial charge in [0, 0.05) is 20.3 Å². The Morgan fingerprint density at radius 2 is 2.53 bits per heavy atom. The van der Waals surface area contributed by atoms with E-state index in [9.17, 15) is 4.79 Å². The van der Waals surface area contributed by atoms with E-state index < -0.39 is 0 Å². The third-order valence-corrected chi connectivity index (χ3v) is 3.65. The predicted molar refractivity (Wildman–Crippen MR) is 63.8 cm³/mol. The second-order valence-corrected chi connectivity index (χ2v) is 5.02. The van der Waals surface area contributed by atoms with E-state index in [1.54, 1.807) is 7.11 Å². The van der Waals surface area contributed by atoms with Crippen LogP contribution in [0.2, 0.25) is 0 Å². The predicted octanol–water partition coefficient (Wildman–Crippen LogP) is -0.0923. The highest BCUT2D eigenvalue weighted by atomic mass is 16.5. The van der Waals surface area contributed by atoms with Crippen LogP contribution in [0.3, 0.4) is 0 Å². The third-order valence-electron chi connectivity index (χ3n) is 3.65. The fourth-order valence-electron chi connectivity index (χ4n) is 2.61. The van der Waals surface area contributed by atoms with E-state index in [1.807, 2.05) is 0 Å². The lowest BCUT2D eigenvalue weighted by Crippen LogP contribution is -2.53. The average Bonchev–Trinajstić information content (AvgIpc) is 2.98. The highest BCUT2D eigenvalue weighted by Gasteiger charge is 2.34. The molecule has 0 spiro atoms. The molecule has 0 aliphatic carbocycles. The quantitative estimate of drug-likeness (QED) is 0.707. The van der Waals surface area contributed by atoms with Gasteiger partial charge in [0.05, 0.1) is 24.7 Å². The maximum Gasteiger partial charge on any atom is 0.225 e. The van der Waals surface area contributed by atoms with Crippen molar-refractivity contribution in [2.45, 2.75) is 24.8 Å². The molecular weight excluding hydrogens is 220 g/mol. The van der Waals surface area contributed by atoms with Crippen LogP contribution in [0.25, 0.3) is 0 Å². The molecule has 0 aromatic carbocycles. The van der Waals surface area contributed by atoms with Crippen molar-refractivity contribution in [1.82, 2.24) is 10.6 Å². The molecule has 2 saturated heterocycles. The molecule has 0 aromatic rings. The van der Waals surface area contributed by atoms with Crippen molar-refractivity contribution in [3.63, 3.8) is 0 Å². The minimum atomic E-state index is -0.0656. The topological polar surface area (TPSA) is 59.6 Å². The Bertz CT molecular complexity index is 258. The molecule has 2 fully saturated rings. The van der Waals surface area contributed by atoms with E-state index in [2.05, 4.69) is 10.6 Å². The largest absolute Gasteiger partial charge is 0.383 e. The summed E-state index contributed by atoms with van der Waals surface area (Å²) in [4.78, 5) is 11.9. The highest BCUT2D eigenvalue weighted by molar-refractivity contribution is 5.79. The van der Waals surface area contributed by atoms with Crippen molar-refractivity contribution in [3.8, 4) is 0 Å². The van der Waals surface area contributed by atoms with Crippen LogP contribution in [0.1, 0.15) is 19.3 Å². The molecule has 5 nitrogen and oxygen atoms in total. The van der Waals surface area contributed by atoms with Gasteiger partial charge in [-0.3, -0.25) is 4.79 Å². The van der Waals surface area contributed by atoms with Gasteiger partial charge in [-0.05, 0) is 25.8 Å². The van der Waals surface area contributed by atoms with Gasteiger partial charge < -0.3 is 20.1 Å². The van der Waals surface area contributed by atoms with E-state index in [-0.39, 0.29) is 17.4 Å². The van der Waals surface area contributed by atoms with E-state index in [1.165, 1.54) is 0 Å². The molecule has 98 valence electrons. The van der Waals surface area contributed by atoms with Gasteiger partial charge in [-0.25, -0.2) is 0 Å². The van der Waals surface area contributed by atoms with Crippen molar-refractivity contribution in [2.75, 3.05) is 40.0 Å². The zero-order chi connectivity index (χ0) is 12.1. The van der Waals surface area contributed by atoms with Gasteiger partial charge in [0.15, 0.2) is 0 Å². The first kappa shape index (κ1) is 12.8. The SMILES string of the molecule is COCC1(CNC(=O)C2CCOC2)CCCN1. The van der Waals surface area contributed by atoms with Gasteiger partial charge in [0.2, 0.25) is 5.91 Å². The number of carbonyl (C=O) groups is 1. The monoisotopic (exact) mass is 242 g/mol. The first-order valence-corrected chi connectivity index (χ1v) is 6.35. The van der Waals surface area contributed by atoms with Crippen LogP contribution in [0.15, 0.2) is 0 Å². The summed E-state index contributed by atoms with van der Waals surface area (Å²) in [6, 6.07) is 0. The van der Waals surface area contributed by atoms with Crippen molar-refractivity contribution < 1.29 is 14.3 Å². The second-order valence-electron chi connectivity index (χ2n) is 5.02. The van der Waals surface area contributed by atoms with Gasteiger partial charge in [0.1, 0.15) is 0 Å². The number of hydrogen-bond donors (Lipinski definition) is 2. The third kappa shape index (κ3) is 3.18. The Kier molecular flexibility index (Phi) is 4.36. The van der Waals surface area contributed by atoms with Crippen LogP contribution in [0, 0.1) is 5.92 Å². The van der Waals surface area contributed by atoms with Crippen molar-refractivity contribution in [3.05, 3.63) is 0 Å². The van der Waals surface area contributed by atoms with Crippen LogP contribution in [0.5, 0.6) is 0 Å². The molecule has 0 radical (unpaired) electrons. The number of hydrogen-bond acceptors (Lipinski definition) is 4. The summed E-state index contributed by atoms with van der Waals surface area (Å²) >= 11 is 0. The summed E-state index contributed by atoms with van der Waals surface area (Å²) in [5.74, 6) is 0.155. The Morgan fingerprint density at radius 1 is 1.65 bits per heavy atom. The fraction of sp³-hybridized carbons (Fsp3) is 0.917. The van der Waals surface area contributed by atoms with Gasteiger partial charge in [-0.1, -0.05) is 0 Å². The summed E-state index contributed by atoms with van der Waals surface area (Å²) in [5.41, 5.74) is -0.0656. The van der Waals surface area contributed by atoms with Crippen LogP contribution in [0.4, 0.5) is 0 Å². The molecule has 5 heteroatoms. The van der Waals surface area contributed by atoms with Crippen LogP contribution in [-0.2, 0) is 14.3 Å². The normalized spacial score (nSPS) is 32.9. The van der Waals surface area contributed by atoms with E-state index in [4.69, 9.17) is 9.47 Å². The summed E-state index contributed by atoms with van der Waals surface area (Å²) in [5, 5.41) is 6.48. The van der Waals surface area contributed by atoms with Gasteiger partial charge >= 0.3 is 0 Å². The molecule has 0 bridgehead atoms. The lowest BCUT2D eigenvalue weighted by atomic mass is 9.98. The molecule has 2 unspecified atom stereocenters. The smallest absolute Gasteiger partial charge is 0.225 e. The first-order chi connectivity index (χ1) is 8.26. The van der Waals surface area contributed by atoms with Crippen LogP contribution < -0.4 is 10.6 Å². The molecule has 0 saturated carbocycles. The molecule has 2 N–H and O–H groups in total. The molecule has 2 heterocycles. The first-order valence-electron chi connectivity index (χ1n) is 6.35. The van der Waals surface area contributed by atoms with E-state index in [0.29, 0.717) is 26.4 Å². The van der Waals surface area contributed by atoms with E-state index in [0.717, 1.165) is 25.8 Å². The summed E-state index contributed by atoms with van der Waals surface area (Å²) in [7, 11) is 1.70. The molecular formula is C12H22N2O3. The van der Waals surface area contributed by atoms with E-state index >= 15 is 0 Å². The Balaban J connectivity index is 1.80. The Hall–Kier alpha value is -0.650. The van der Waals surface area contributed by atoms with Crippen molar-refractivity contribution in [1.29, 1.82) is 0 Å². The molecule has 17 heavy (non-hydrogen) atoms. The second kappa shape index (κ2) is 5.80. The van der Waals surface area contributed by atoms with Gasteiger partial charge in [-0.2, -0.15) is 0 Å². The molecule has 2 aliphatic rings. The lowest BCUT2D eigenvalue weighted by Gasteiger charge is -2.29. The van der Waals surface area contributed by atoms with Crippen LogP contribution >= 0.6 is 0 Å². The fourth-order valence-corrected chi connectivity index (χ4v) is 2.61. The summed E-state index contributed by atoms with van der Waals surface area (Å²) in [6.45, 7) is 3.58. The van der Waals surface area contributed by atoms with Gasteiger partial charge in [0.25, 0.3) is 0 Å². The Morgan fingerprint density at radius 3 is 3.12 bits per heavy atom. The van der Waals surface area contributed by atoms with Gasteiger partial charge in [-0.15, -0.1) is 0 Å². The average molecular weight is 242 g/mol. The van der Waals surface area contributed by atoms with Crippen LogP contribution in [-0.4, -0.2) is 51.5 Å². The number of amides is 1. The maximum atomic E-state index is 11.9. The molecule has 2 aliphatic heterocycles. The maximum absolute atomic E-state index is 11.9. The number of ether oxygens (including phenoxy) is 2. The number of nitrogens with one attached hydrogen (secondary N) is 2. The Labute approximate surface area is 102 Å². The highest BCUT2D eigenvalue weighted by Crippen LogP contribution is 2.19. The zero-order valence-corrected chi connectivity index (χ0v) is 10.5. The number of rotatable bonds is 5.